The number of ether oxygens (including phenoxy) is 2. The van der Waals surface area contributed by atoms with Crippen LogP contribution >= 0.6 is 0 Å². The Kier molecular flexibility index (Phi) is 6.36. The molecule has 24 heavy (non-hydrogen) atoms. The van der Waals surface area contributed by atoms with Crippen molar-refractivity contribution in [3.05, 3.63) is 47.5 Å². The molecule has 0 saturated carbocycles. The molecule has 0 aliphatic rings. The second-order valence-electron chi connectivity index (χ2n) is 6.27. The SMILES string of the molecule is COc1ccc(C)cc1NCCCc1ccc(OC(C)C)c(N)c1. The van der Waals surface area contributed by atoms with E-state index in [1.54, 1.807) is 7.11 Å². The van der Waals surface area contributed by atoms with Gasteiger partial charge in [-0.05, 0) is 69.0 Å². The van der Waals surface area contributed by atoms with Crippen molar-refractivity contribution in [3.8, 4) is 11.5 Å². The van der Waals surface area contributed by atoms with Gasteiger partial charge in [-0.2, -0.15) is 0 Å². The molecule has 130 valence electrons. The van der Waals surface area contributed by atoms with Crippen molar-refractivity contribution in [2.75, 3.05) is 24.7 Å². The fraction of sp³-hybridized carbons (Fsp3) is 0.400. The first-order valence-electron chi connectivity index (χ1n) is 8.43. The quantitative estimate of drug-likeness (QED) is 0.556. The summed E-state index contributed by atoms with van der Waals surface area (Å²) in [6.07, 6.45) is 2.11. The molecule has 0 radical (unpaired) electrons. The fourth-order valence-electron chi connectivity index (χ4n) is 2.59. The van der Waals surface area contributed by atoms with Gasteiger partial charge in [0.15, 0.2) is 0 Å². The number of methoxy groups -OCH3 is 1. The van der Waals surface area contributed by atoms with Crippen molar-refractivity contribution in [1.82, 2.24) is 0 Å². The first-order valence-corrected chi connectivity index (χ1v) is 8.43. The van der Waals surface area contributed by atoms with Gasteiger partial charge in [0.25, 0.3) is 0 Å². The third-order valence-electron chi connectivity index (χ3n) is 3.75. The summed E-state index contributed by atoms with van der Waals surface area (Å²) in [4.78, 5) is 0. The average molecular weight is 328 g/mol. The monoisotopic (exact) mass is 328 g/mol. The summed E-state index contributed by atoms with van der Waals surface area (Å²) in [6.45, 7) is 6.95. The summed E-state index contributed by atoms with van der Waals surface area (Å²) < 4.78 is 11.1. The van der Waals surface area contributed by atoms with Crippen LogP contribution in [-0.2, 0) is 6.42 Å². The molecule has 2 rings (SSSR count). The molecular weight excluding hydrogens is 300 g/mol. The zero-order valence-electron chi connectivity index (χ0n) is 15.1. The van der Waals surface area contributed by atoms with E-state index < -0.39 is 0 Å². The summed E-state index contributed by atoms with van der Waals surface area (Å²) in [7, 11) is 1.69. The van der Waals surface area contributed by atoms with Gasteiger partial charge in [-0.3, -0.25) is 0 Å². The maximum Gasteiger partial charge on any atom is 0.142 e. The lowest BCUT2D eigenvalue weighted by Gasteiger charge is -2.14. The number of anilines is 2. The summed E-state index contributed by atoms with van der Waals surface area (Å²) >= 11 is 0. The van der Waals surface area contributed by atoms with E-state index in [1.807, 2.05) is 38.1 Å². The van der Waals surface area contributed by atoms with Gasteiger partial charge in [-0.1, -0.05) is 12.1 Å². The van der Waals surface area contributed by atoms with Gasteiger partial charge in [0.1, 0.15) is 11.5 Å². The van der Waals surface area contributed by atoms with Crippen LogP contribution in [0.1, 0.15) is 31.4 Å². The van der Waals surface area contributed by atoms with Crippen molar-refractivity contribution < 1.29 is 9.47 Å². The molecule has 4 heteroatoms. The second-order valence-corrected chi connectivity index (χ2v) is 6.27. The fourth-order valence-corrected chi connectivity index (χ4v) is 2.59. The van der Waals surface area contributed by atoms with Gasteiger partial charge in [0.05, 0.1) is 24.6 Å². The van der Waals surface area contributed by atoms with E-state index in [2.05, 4.69) is 24.4 Å². The predicted molar refractivity (Wildman–Crippen MR) is 101 cm³/mol. The van der Waals surface area contributed by atoms with Crippen LogP contribution in [0.15, 0.2) is 36.4 Å². The number of benzene rings is 2. The highest BCUT2D eigenvalue weighted by atomic mass is 16.5. The molecule has 0 aromatic heterocycles. The lowest BCUT2D eigenvalue weighted by molar-refractivity contribution is 0.244. The van der Waals surface area contributed by atoms with Crippen LogP contribution in [-0.4, -0.2) is 19.8 Å². The number of nitrogens with two attached hydrogens (primary N) is 1. The van der Waals surface area contributed by atoms with Gasteiger partial charge in [-0.25, -0.2) is 0 Å². The highest BCUT2D eigenvalue weighted by Gasteiger charge is 2.05. The highest BCUT2D eigenvalue weighted by molar-refractivity contribution is 5.58. The molecule has 3 N–H and O–H groups in total. The number of rotatable bonds is 8. The number of nitrogen functional groups attached to an aromatic ring is 1. The molecule has 0 spiro atoms. The molecule has 0 saturated heterocycles. The Morgan fingerprint density at radius 3 is 2.50 bits per heavy atom. The van der Waals surface area contributed by atoms with Crippen molar-refractivity contribution in [1.29, 1.82) is 0 Å². The van der Waals surface area contributed by atoms with E-state index in [1.165, 1.54) is 11.1 Å². The lowest BCUT2D eigenvalue weighted by Crippen LogP contribution is -2.08. The van der Waals surface area contributed by atoms with Crippen LogP contribution in [0.2, 0.25) is 0 Å². The van der Waals surface area contributed by atoms with Gasteiger partial charge >= 0.3 is 0 Å². The predicted octanol–water partition coefficient (Wildman–Crippen LogP) is 4.42. The minimum absolute atomic E-state index is 0.131. The van der Waals surface area contributed by atoms with E-state index in [4.69, 9.17) is 15.2 Å². The smallest absolute Gasteiger partial charge is 0.142 e. The van der Waals surface area contributed by atoms with Gasteiger partial charge in [-0.15, -0.1) is 0 Å². The number of hydrogen-bond donors (Lipinski definition) is 2. The normalized spacial score (nSPS) is 10.7. The van der Waals surface area contributed by atoms with Crippen LogP contribution < -0.4 is 20.5 Å². The Bertz CT molecular complexity index is 669. The molecule has 0 atom stereocenters. The van der Waals surface area contributed by atoms with Crippen LogP contribution in [0.5, 0.6) is 11.5 Å². The van der Waals surface area contributed by atoms with Crippen LogP contribution in [0.3, 0.4) is 0 Å². The Hall–Kier alpha value is -2.36. The zero-order chi connectivity index (χ0) is 17.5. The van der Waals surface area contributed by atoms with Crippen molar-refractivity contribution >= 4 is 11.4 Å². The molecular formula is C20H28N2O2. The standard InChI is InChI=1S/C20H28N2O2/c1-14(2)24-19-10-8-16(13-17(19)21)6-5-11-22-18-12-15(3)7-9-20(18)23-4/h7-10,12-14,22H,5-6,11,21H2,1-4H3. The number of hydrogen-bond acceptors (Lipinski definition) is 4. The van der Waals surface area contributed by atoms with E-state index in [9.17, 15) is 0 Å². The van der Waals surface area contributed by atoms with Crippen LogP contribution in [0, 0.1) is 6.92 Å². The number of aryl methyl sites for hydroxylation is 2. The highest BCUT2D eigenvalue weighted by Crippen LogP contribution is 2.26. The van der Waals surface area contributed by atoms with E-state index >= 15 is 0 Å². The zero-order valence-corrected chi connectivity index (χ0v) is 15.1. The van der Waals surface area contributed by atoms with E-state index in [0.717, 1.165) is 36.6 Å². The minimum Gasteiger partial charge on any atom is -0.495 e. The first-order chi connectivity index (χ1) is 11.5. The summed E-state index contributed by atoms with van der Waals surface area (Å²) in [6, 6.07) is 12.2. The third kappa shape index (κ3) is 5.08. The summed E-state index contributed by atoms with van der Waals surface area (Å²) in [5.74, 6) is 1.64. The first kappa shape index (κ1) is 18.0. The topological polar surface area (TPSA) is 56.5 Å². The Balaban J connectivity index is 1.86. The number of nitrogens with one attached hydrogen (secondary N) is 1. The van der Waals surface area contributed by atoms with Gasteiger partial charge in [0, 0.05) is 6.54 Å². The Morgan fingerprint density at radius 1 is 1.08 bits per heavy atom. The third-order valence-corrected chi connectivity index (χ3v) is 3.75. The van der Waals surface area contributed by atoms with E-state index in [0.29, 0.717) is 5.69 Å². The van der Waals surface area contributed by atoms with Crippen LogP contribution in [0.4, 0.5) is 11.4 Å². The molecule has 4 nitrogen and oxygen atoms in total. The molecule has 0 aliphatic carbocycles. The molecule has 2 aromatic rings. The minimum atomic E-state index is 0.131. The Morgan fingerprint density at radius 2 is 1.83 bits per heavy atom. The largest absolute Gasteiger partial charge is 0.495 e. The van der Waals surface area contributed by atoms with Gasteiger partial charge < -0.3 is 20.5 Å². The average Bonchev–Trinajstić information content (AvgIpc) is 2.54. The van der Waals surface area contributed by atoms with Crippen molar-refractivity contribution in [2.45, 2.75) is 39.7 Å². The Labute approximate surface area is 145 Å². The molecule has 0 fully saturated rings. The summed E-state index contributed by atoms with van der Waals surface area (Å²) in [5, 5.41) is 3.45. The summed E-state index contributed by atoms with van der Waals surface area (Å²) in [5.41, 5.74) is 10.2. The van der Waals surface area contributed by atoms with Crippen molar-refractivity contribution in [3.63, 3.8) is 0 Å². The molecule has 0 unspecified atom stereocenters. The van der Waals surface area contributed by atoms with Gasteiger partial charge in [0.2, 0.25) is 0 Å². The molecule has 0 bridgehead atoms. The molecule has 2 aromatic carbocycles. The molecule has 0 heterocycles. The van der Waals surface area contributed by atoms with Crippen LogP contribution in [0.25, 0.3) is 0 Å². The lowest BCUT2D eigenvalue weighted by atomic mass is 10.1. The maximum absolute atomic E-state index is 6.06. The maximum atomic E-state index is 6.06. The molecule has 0 amide bonds. The van der Waals surface area contributed by atoms with E-state index in [-0.39, 0.29) is 6.10 Å². The molecule has 0 aliphatic heterocycles. The second kappa shape index (κ2) is 8.48. The van der Waals surface area contributed by atoms with Crippen molar-refractivity contribution in [2.24, 2.45) is 0 Å².